The molecule has 0 aliphatic carbocycles. The van der Waals surface area contributed by atoms with E-state index in [1.54, 1.807) is 0 Å². The third-order valence-corrected chi connectivity index (χ3v) is 1.46. The molecular formula is C9H12NO. The lowest BCUT2D eigenvalue weighted by Gasteiger charge is -2.06. The molecule has 0 atom stereocenters. The van der Waals surface area contributed by atoms with Crippen molar-refractivity contribution in [3.63, 3.8) is 0 Å². The summed E-state index contributed by atoms with van der Waals surface area (Å²) in [6.07, 6.45) is 0. The molecule has 0 bridgehead atoms. The zero-order valence-electron chi connectivity index (χ0n) is 6.63. The molecule has 0 fully saturated rings. The van der Waals surface area contributed by atoms with Crippen molar-refractivity contribution in [2.45, 2.75) is 13.5 Å². The van der Waals surface area contributed by atoms with Gasteiger partial charge < -0.3 is 4.74 Å². The summed E-state index contributed by atoms with van der Waals surface area (Å²) in [5.41, 5.74) is 8.14. The van der Waals surface area contributed by atoms with Crippen LogP contribution in [-0.2, 0) is 6.54 Å². The van der Waals surface area contributed by atoms with Gasteiger partial charge in [0.25, 0.3) is 0 Å². The van der Waals surface area contributed by atoms with Crippen LogP contribution in [0.1, 0.15) is 12.5 Å². The summed E-state index contributed by atoms with van der Waals surface area (Å²) in [6, 6.07) is 7.65. The summed E-state index contributed by atoms with van der Waals surface area (Å²) < 4.78 is 5.31. The normalized spacial score (nSPS) is 9.64. The highest BCUT2D eigenvalue weighted by atomic mass is 16.5. The van der Waals surface area contributed by atoms with Crippen molar-refractivity contribution >= 4 is 0 Å². The van der Waals surface area contributed by atoms with Gasteiger partial charge in [0.15, 0.2) is 0 Å². The second kappa shape index (κ2) is 3.98. The molecule has 59 valence electrons. The number of para-hydroxylation sites is 1. The van der Waals surface area contributed by atoms with Crippen molar-refractivity contribution in [1.82, 2.24) is 5.73 Å². The van der Waals surface area contributed by atoms with Crippen LogP contribution < -0.4 is 10.5 Å². The molecule has 2 nitrogen and oxygen atoms in total. The van der Waals surface area contributed by atoms with E-state index < -0.39 is 0 Å². The summed E-state index contributed by atoms with van der Waals surface area (Å²) in [5.74, 6) is 0.838. The van der Waals surface area contributed by atoms with Gasteiger partial charge >= 0.3 is 0 Å². The van der Waals surface area contributed by atoms with Crippen LogP contribution in [0.15, 0.2) is 24.3 Å². The first-order valence-electron chi connectivity index (χ1n) is 3.73. The maximum absolute atomic E-state index is 7.18. The van der Waals surface area contributed by atoms with Crippen LogP contribution in [0.4, 0.5) is 0 Å². The monoisotopic (exact) mass is 150 g/mol. The van der Waals surface area contributed by atoms with Crippen LogP contribution in [0.25, 0.3) is 0 Å². The molecule has 1 aromatic carbocycles. The Morgan fingerprint density at radius 2 is 2.09 bits per heavy atom. The minimum atomic E-state index is 0.288. The third-order valence-electron chi connectivity index (χ3n) is 1.46. The second-order valence-electron chi connectivity index (χ2n) is 2.22. The Morgan fingerprint density at radius 1 is 1.36 bits per heavy atom. The number of rotatable bonds is 3. The molecule has 0 aliphatic rings. The first-order valence-corrected chi connectivity index (χ1v) is 3.73. The predicted octanol–water partition coefficient (Wildman–Crippen LogP) is 1.87. The van der Waals surface area contributed by atoms with Gasteiger partial charge in [0.2, 0.25) is 0 Å². The largest absolute Gasteiger partial charge is 0.494 e. The highest BCUT2D eigenvalue weighted by Crippen LogP contribution is 2.16. The lowest BCUT2D eigenvalue weighted by Crippen LogP contribution is -1.96. The molecule has 1 rings (SSSR count). The summed E-state index contributed by atoms with van der Waals surface area (Å²) in [6.45, 7) is 2.90. The van der Waals surface area contributed by atoms with Gasteiger partial charge in [0.05, 0.1) is 6.61 Å². The molecule has 1 radical (unpaired) electrons. The van der Waals surface area contributed by atoms with Crippen LogP contribution in [0.2, 0.25) is 0 Å². The first-order chi connectivity index (χ1) is 5.38. The Kier molecular flexibility index (Phi) is 2.93. The summed E-state index contributed by atoms with van der Waals surface area (Å²) in [5, 5.41) is 0. The maximum atomic E-state index is 7.18. The molecule has 0 amide bonds. The van der Waals surface area contributed by atoms with Gasteiger partial charge in [-0.1, -0.05) is 18.2 Å². The highest BCUT2D eigenvalue weighted by Gasteiger charge is 1.97. The Balaban J connectivity index is 2.83. The number of benzene rings is 1. The minimum Gasteiger partial charge on any atom is -0.494 e. The van der Waals surface area contributed by atoms with E-state index in [9.17, 15) is 0 Å². The van der Waals surface area contributed by atoms with Crippen molar-refractivity contribution < 1.29 is 4.74 Å². The number of hydrogen-bond donors (Lipinski definition) is 0. The Hall–Kier alpha value is -1.02. The molecule has 1 N–H and O–H groups in total. The van der Waals surface area contributed by atoms with Crippen molar-refractivity contribution in [2.24, 2.45) is 0 Å². The van der Waals surface area contributed by atoms with Crippen LogP contribution in [0, 0.1) is 0 Å². The van der Waals surface area contributed by atoms with Crippen molar-refractivity contribution in [3.05, 3.63) is 29.8 Å². The lowest BCUT2D eigenvalue weighted by molar-refractivity contribution is 0.336. The van der Waals surface area contributed by atoms with Gasteiger partial charge in [-0.15, -0.1) is 0 Å². The van der Waals surface area contributed by atoms with E-state index in [1.165, 1.54) is 0 Å². The van der Waals surface area contributed by atoms with Crippen LogP contribution >= 0.6 is 0 Å². The van der Waals surface area contributed by atoms with E-state index in [-0.39, 0.29) is 6.54 Å². The molecule has 0 saturated carbocycles. The topological polar surface area (TPSA) is 33.0 Å². The van der Waals surface area contributed by atoms with Crippen molar-refractivity contribution in [3.8, 4) is 5.75 Å². The average molecular weight is 150 g/mol. The zero-order valence-corrected chi connectivity index (χ0v) is 6.63. The molecule has 0 spiro atoms. The van der Waals surface area contributed by atoms with Crippen LogP contribution in [-0.4, -0.2) is 6.61 Å². The van der Waals surface area contributed by atoms with E-state index in [0.29, 0.717) is 6.61 Å². The maximum Gasteiger partial charge on any atom is 0.123 e. The fourth-order valence-electron chi connectivity index (χ4n) is 0.946. The molecule has 0 saturated heterocycles. The molecule has 11 heavy (non-hydrogen) atoms. The Labute approximate surface area is 67.0 Å². The number of ether oxygens (including phenoxy) is 1. The third kappa shape index (κ3) is 1.95. The number of hydrogen-bond acceptors (Lipinski definition) is 1. The van der Waals surface area contributed by atoms with Gasteiger partial charge in [-0.25, -0.2) is 0 Å². The van der Waals surface area contributed by atoms with Gasteiger partial charge in [-0.2, -0.15) is 0 Å². The second-order valence-corrected chi connectivity index (χ2v) is 2.22. The average Bonchev–Trinajstić information content (AvgIpc) is 2.06. The van der Waals surface area contributed by atoms with Gasteiger partial charge in [0, 0.05) is 12.1 Å². The first kappa shape index (κ1) is 8.08. The molecule has 0 unspecified atom stereocenters. The van der Waals surface area contributed by atoms with E-state index >= 15 is 0 Å². The van der Waals surface area contributed by atoms with Crippen molar-refractivity contribution in [2.75, 3.05) is 6.61 Å². The number of nitrogens with one attached hydrogen (secondary N) is 1. The van der Waals surface area contributed by atoms with E-state index in [1.807, 2.05) is 31.2 Å². The summed E-state index contributed by atoms with van der Waals surface area (Å²) in [4.78, 5) is 0. The fourth-order valence-corrected chi connectivity index (χ4v) is 0.946. The standard InChI is InChI=1S/C9H12NO/c1-2-11-9-6-4-3-5-8(9)7-10/h3-6,10H,2,7H2,1H3. The van der Waals surface area contributed by atoms with Gasteiger partial charge in [-0.3, -0.25) is 5.73 Å². The SMILES string of the molecule is CCOc1ccccc1C[NH]. The molecule has 0 aliphatic heterocycles. The van der Waals surface area contributed by atoms with Crippen molar-refractivity contribution in [1.29, 1.82) is 0 Å². The molecule has 1 aromatic rings. The smallest absolute Gasteiger partial charge is 0.123 e. The molecular weight excluding hydrogens is 138 g/mol. The highest BCUT2D eigenvalue weighted by molar-refractivity contribution is 5.32. The fraction of sp³-hybridized carbons (Fsp3) is 0.333. The lowest BCUT2D eigenvalue weighted by atomic mass is 10.2. The zero-order chi connectivity index (χ0) is 8.10. The summed E-state index contributed by atoms with van der Waals surface area (Å²) in [7, 11) is 0. The molecule has 2 heteroatoms. The van der Waals surface area contributed by atoms with Crippen LogP contribution in [0.5, 0.6) is 5.75 Å². The molecule has 0 heterocycles. The van der Waals surface area contributed by atoms with E-state index in [4.69, 9.17) is 10.5 Å². The minimum absolute atomic E-state index is 0.288. The van der Waals surface area contributed by atoms with E-state index in [0.717, 1.165) is 11.3 Å². The van der Waals surface area contributed by atoms with Gasteiger partial charge in [0.1, 0.15) is 5.75 Å². The van der Waals surface area contributed by atoms with E-state index in [2.05, 4.69) is 0 Å². The summed E-state index contributed by atoms with van der Waals surface area (Å²) >= 11 is 0. The molecule has 0 aromatic heterocycles. The Morgan fingerprint density at radius 3 is 2.73 bits per heavy atom. The quantitative estimate of drug-likeness (QED) is 0.647. The Bertz CT molecular complexity index is 223. The van der Waals surface area contributed by atoms with Crippen LogP contribution in [0.3, 0.4) is 0 Å². The predicted molar refractivity (Wildman–Crippen MR) is 44.4 cm³/mol. The van der Waals surface area contributed by atoms with Gasteiger partial charge in [-0.05, 0) is 13.0 Å².